The Morgan fingerprint density at radius 1 is 0.762 bits per heavy atom. The maximum absolute atomic E-state index is 10.5. The van der Waals surface area contributed by atoms with E-state index in [9.17, 15) is 5.11 Å². The summed E-state index contributed by atoms with van der Waals surface area (Å²) in [6.45, 7) is 16.6. The second kappa shape index (κ2) is 6.20. The lowest BCUT2D eigenvalue weighted by atomic mass is 9.69. The van der Waals surface area contributed by atoms with Crippen LogP contribution in [0.3, 0.4) is 0 Å². The predicted octanol–water partition coefficient (Wildman–Crippen LogP) is 4.32. The van der Waals surface area contributed by atoms with Crippen LogP contribution in [0.25, 0.3) is 0 Å². The van der Waals surface area contributed by atoms with Crippen molar-refractivity contribution in [3.05, 3.63) is 0 Å². The number of aliphatic hydroxyl groups excluding tert-OH is 1. The van der Waals surface area contributed by atoms with Crippen molar-refractivity contribution in [3.8, 4) is 0 Å². The van der Waals surface area contributed by atoms with Crippen molar-refractivity contribution >= 4 is 0 Å². The summed E-state index contributed by atoms with van der Waals surface area (Å²) in [5, 5.41) is 10.5. The maximum Gasteiger partial charge on any atom is 0.0695 e. The zero-order valence-electron chi connectivity index (χ0n) is 15.2. The molecule has 0 amide bonds. The zero-order valence-corrected chi connectivity index (χ0v) is 15.2. The molecule has 2 aliphatic rings. The molecule has 0 aromatic heterocycles. The summed E-state index contributed by atoms with van der Waals surface area (Å²) in [5.74, 6) is 1.60. The van der Waals surface area contributed by atoms with E-state index in [1.165, 1.54) is 38.8 Å². The molecule has 2 nitrogen and oxygen atoms in total. The fourth-order valence-electron chi connectivity index (χ4n) is 4.41. The largest absolute Gasteiger partial charge is 0.391 e. The molecule has 1 aliphatic carbocycles. The SMILES string of the molecule is CC(C)(C)C1CCN(C2CC(C(C)(C)C)CCC2O)CC1. The fourth-order valence-corrected chi connectivity index (χ4v) is 4.41. The minimum atomic E-state index is -0.102. The van der Waals surface area contributed by atoms with Crippen LogP contribution in [0.5, 0.6) is 0 Å². The molecular weight excluding hydrogens is 258 g/mol. The Morgan fingerprint density at radius 2 is 1.29 bits per heavy atom. The first-order valence-electron chi connectivity index (χ1n) is 9.01. The molecule has 3 unspecified atom stereocenters. The van der Waals surface area contributed by atoms with Crippen molar-refractivity contribution in [2.75, 3.05) is 13.1 Å². The molecule has 2 rings (SSSR count). The Hall–Kier alpha value is -0.0800. The van der Waals surface area contributed by atoms with E-state index in [-0.39, 0.29) is 6.10 Å². The van der Waals surface area contributed by atoms with Gasteiger partial charge in [-0.15, -0.1) is 0 Å². The van der Waals surface area contributed by atoms with Crippen LogP contribution in [0, 0.1) is 22.7 Å². The second-order valence-electron chi connectivity index (χ2n) is 9.69. The number of piperidine rings is 1. The second-order valence-corrected chi connectivity index (χ2v) is 9.69. The Morgan fingerprint density at radius 3 is 1.76 bits per heavy atom. The molecular formula is C19H37NO. The first-order valence-corrected chi connectivity index (χ1v) is 9.01. The summed E-state index contributed by atoms with van der Waals surface area (Å²) in [6, 6.07) is 0.406. The number of aliphatic hydroxyl groups is 1. The predicted molar refractivity (Wildman–Crippen MR) is 90.3 cm³/mol. The molecule has 0 spiro atoms. The summed E-state index contributed by atoms with van der Waals surface area (Å²) in [7, 11) is 0. The standard InChI is InChI=1S/C19H37NO/c1-18(2,3)14-9-11-20(12-10-14)16-13-15(19(4,5)6)7-8-17(16)21/h14-17,21H,7-13H2,1-6H3. The lowest BCUT2D eigenvalue weighted by molar-refractivity contribution is -0.0347. The van der Waals surface area contributed by atoms with Gasteiger partial charge in [0.15, 0.2) is 0 Å². The third-order valence-corrected chi connectivity index (χ3v) is 6.23. The highest BCUT2D eigenvalue weighted by molar-refractivity contribution is 4.93. The van der Waals surface area contributed by atoms with Gasteiger partial charge in [0.05, 0.1) is 6.10 Å². The van der Waals surface area contributed by atoms with E-state index in [4.69, 9.17) is 0 Å². The molecule has 2 fully saturated rings. The van der Waals surface area contributed by atoms with Crippen LogP contribution in [0.2, 0.25) is 0 Å². The smallest absolute Gasteiger partial charge is 0.0695 e. The molecule has 21 heavy (non-hydrogen) atoms. The summed E-state index contributed by atoms with van der Waals surface area (Å²) in [5.41, 5.74) is 0.813. The summed E-state index contributed by atoms with van der Waals surface area (Å²) in [6.07, 6.45) is 5.87. The van der Waals surface area contributed by atoms with E-state index in [0.717, 1.165) is 18.3 Å². The maximum atomic E-state index is 10.5. The Bertz CT molecular complexity index is 330. The van der Waals surface area contributed by atoms with Crippen LogP contribution in [-0.2, 0) is 0 Å². The highest BCUT2D eigenvalue weighted by Gasteiger charge is 2.39. The van der Waals surface area contributed by atoms with Gasteiger partial charge < -0.3 is 5.11 Å². The van der Waals surface area contributed by atoms with Gasteiger partial charge in [0.25, 0.3) is 0 Å². The molecule has 1 heterocycles. The number of hydrogen-bond donors (Lipinski definition) is 1. The van der Waals surface area contributed by atoms with E-state index in [1.807, 2.05) is 0 Å². The number of rotatable bonds is 1. The Balaban J connectivity index is 1.95. The fraction of sp³-hybridized carbons (Fsp3) is 1.00. The quantitative estimate of drug-likeness (QED) is 0.778. The minimum Gasteiger partial charge on any atom is -0.391 e. The van der Waals surface area contributed by atoms with Gasteiger partial charge >= 0.3 is 0 Å². The zero-order chi connectivity index (χ0) is 15.8. The van der Waals surface area contributed by atoms with Crippen molar-refractivity contribution < 1.29 is 5.11 Å². The molecule has 1 N–H and O–H groups in total. The van der Waals surface area contributed by atoms with Gasteiger partial charge in [-0.3, -0.25) is 4.90 Å². The molecule has 0 aromatic rings. The van der Waals surface area contributed by atoms with Crippen LogP contribution in [-0.4, -0.2) is 35.2 Å². The van der Waals surface area contributed by atoms with Gasteiger partial charge in [-0.25, -0.2) is 0 Å². The van der Waals surface area contributed by atoms with Gasteiger partial charge in [-0.05, 0) is 67.9 Å². The van der Waals surface area contributed by atoms with Crippen molar-refractivity contribution in [2.24, 2.45) is 22.7 Å². The van der Waals surface area contributed by atoms with Crippen molar-refractivity contribution in [2.45, 2.75) is 85.8 Å². The molecule has 124 valence electrons. The Kier molecular flexibility index (Phi) is 5.10. The van der Waals surface area contributed by atoms with Crippen LogP contribution >= 0.6 is 0 Å². The van der Waals surface area contributed by atoms with Crippen LogP contribution in [0.4, 0.5) is 0 Å². The van der Waals surface area contributed by atoms with Crippen molar-refractivity contribution in [1.82, 2.24) is 4.90 Å². The normalized spacial score (nSPS) is 34.1. The number of likely N-dealkylation sites (tertiary alicyclic amines) is 1. The topological polar surface area (TPSA) is 23.5 Å². The van der Waals surface area contributed by atoms with Crippen molar-refractivity contribution in [3.63, 3.8) is 0 Å². The Labute approximate surface area is 132 Å². The third kappa shape index (κ3) is 4.22. The van der Waals surface area contributed by atoms with Gasteiger partial charge in [-0.2, -0.15) is 0 Å². The van der Waals surface area contributed by atoms with E-state index >= 15 is 0 Å². The monoisotopic (exact) mass is 295 g/mol. The third-order valence-electron chi connectivity index (χ3n) is 6.23. The highest BCUT2D eigenvalue weighted by atomic mass is 16.3. The van der Waals surface area contributed by atoms with Gasteiger partial charge in [0.2, 0.25) is 0 Å². The highest BCUT2D eigenvalue weighted by Crippen LogP contribution is 2.41. The molecule has 0 bridgehead atoms. The summed E-state index contributed by atoms with van der Waals surface area (Å²) in [4.78, 5) is 2.60. The molecule has 1 saturated carbocycles. The minimum absolute atomic E-state index is 0.102. The van der Waals surface area contributed by atoms with Crippen LogP contribution in [0.15, 0.2) is 0 Å². The first kappa shape index (κ1) is 17.3. The summed E-state index contributed by atoms with van der Waals surface area (Å²) >= 11 is 0. The molecule has 1 aliphatic heterocycles. The van der Waals surface area contributed by atoms with E-state index < -0.39 is 0 Å². The average molecular weight is 296 g/mol. The van der Waals surface area contributed by atoms with E-state index in [1.54, 1.807) is 0 Å². The lowest BCUT2D eigenvalue weighted by Crippen LogP contribution is -2.52. The van der Waals surface area contributed by atoms with E-state index in [0.29, 0.717) is 16.9 Å². The molecule has 3 atom stereocenters. The summed E-state index contributed by atoms with van der Waals surface area (Å²) < 4.78 is 0. The number of hydrogen-bond acceptors (Lipinski definition) is 2. The lowest BCUT2D eigenvalue weighted by Gasteiger charge is -2.47. The van der Waals surface area contributed by atoms with E-state index in [2.05, 4.69) is 46.4 Å². The average Bonchev–Trinajstić information content (AvgIpc) is 2.37. The molecule has 0 radical (unpaired) electrons. The number of nitrogens with zero attached hydrogens (tertiary/aromatic N) is 1. The van der Waals surface area contributed by atoms with Crippen LogP contribution in [0.1, 0.15) is 73.6 Å². The first-order chi connectivity index (χ1) is 9.59. The molecule has 0 aromatic carbocycles. The van der Waals surface area contributed by atoms with Gasteiger partial charge in [0.1, 0.15) is 0 Å². The van der Waals surface area contributed by atoms with Gasteiger partial charge in [-0.1, -0.05) is 41.5 Å². The molecule has 2 heteroatoms. The van der Waals surface area contributed by atoms with Gasteiger partial charge in [0, 0.05) is 6.04 Å². The van der Waals surface area contributed by atoms with Crippen molar-refractivity contribution in [1.29, 1.82) is 0 Å². The molecule has 1 saturated heterocycles. The van der Waals surface area contributed by atoms with Crippen LogP contribution < -0.4 is 0 Å².